The summed E-state index contributed by atoms with van der Waals surface area (Å²) in [5.74, 6) is 0.599. The molecule has 0 rings (SSSR count). The summed E-state index contributed by atoms with van der Waals surface area (Å²) in [5, 5.41) is 3.26. The van der Waals surface area contributed by atoms with Gasteiger partial charge in [0.15, 0.2) is 0 Å². The first kappa shape index (κ1) is 20.3. The molecule has 0 spiro atoms. The summed E-state index contributed by atoms with van der Waals surface area (Å²) in [7, 11) is 0. The van der Waals surface area contributed by atoms with Gasteiger partial charge >= 0.3 is 131 Å². The molecule has 0 saturated carbocycles. The van der Waals surface area contributed by atoms with E-state index in [0.29, 0.717) is 9.98 Å². The van der Waals surface area contributed by atoms with E-state index in [0.717, 1.165) is 6.41 Å². The summed E-state index contributed by atoms with van der Waals surface area (Å²) >= 11 is -2.29. The topological polar surface area (TPSA) is 29.1 Å². The van der Waals surface area contributed by atoms with Gasteiger partial charge in [0.1, 0.15) is 0 Å². The fourth-order valence-electron chi connectivity index (χ4n) is 3.58. The number of nitrogens with one attached hydrogen (secondary N) is 1. The quantitative estimate of drug-likeness (QED) is 0.342. The molecule has 0 unspecified atom stereocenters. The Morgan fingerprint density at radius 1 is 0.900 bits per heavy atom. The molecular weight excluding hydrogens is 353 g/mol. The molecule has 0 aliphatic carbocycles. The molecule has 2 nitrogen and oxygen atoms in total. The molecule has 1 amide bonds. The Morgan fingerprint density at radius 3 is 1.55 bits per heavy atom. The van der Waals surface area contributed by atoms with Crippen molar-refractivity contribution < 1.29 is 4.79 Å². The Balaban J connectivity index is 5.20. The summed E-state index contributed by atoms with van der Waals surface area (Å²) in [6.07, 6.45) is 8.96. The van der Waals surface area contributed by atoms with Crippen LogP contribution in [0.3, 0.4) is 0 Å². The van der Waals surface area contributed by atoms with Crippen LogP contribution in [0.4, 0.5) is 0 Å². The Hall–Kier alpha value is 0.269. The average molecular weight is 390 g/mol. The molecule has 0 aromatic rings. The van der Waals surface area contributed by atoms with Crippen LogP contribution in [-0.2, 0) is 4.79 Å². The van der Waals surface area contributed by atoms with Crippen molar-refractivity contribution in [3.05, 3.63) is 0 Å². The van der Waals surface area contributed by atoms with E-state index in [4.69, 9.17) is 0 Å². The van der Waals surface area contributed by atoms with Gasteiger partial charge in [-0.25, -0.2) is 0 Å². The molecule has 0 heterocycles. The van der Waals surface area contributed by atoms with E-state index in [9.17, 15) is 4.79 Å². The van der Waals surface area contributed by atoms with Gasteiger partial charge in [-0.1, -0.05) is 0 Å². The third kappa shape index (κ3) is 6.82. The van der Waals surface area contributed by atoms with Gasteiger partial charge in [-0.05, 0) is 0 Å². The Morgan fingerprint density at radius 2 is 1.30 bits per heavy atom. The predicted molar refractivity (Wildman–Crippen MR) is 92.7 cm³/mol. The maximum atomic E-state index is 11.1. The molecule has 0 fully saturated rings. The third-order valence-corrected chi connectivity index (χ3v) is 22.4. The zero-order chi connectivity index (χ0) is 15.4. The van der Waals surface area contributed by atoms with Crippen LogP contribution in [0, 0.1) is 5.92 Å². The van der Waals surface area contributed by atoms with Crippen LogP contribution >= 0.6 is 0 Å². The van der Waals surface area contributed by atoms with Gasteiger partial charge in [0.25, 0.3) is 0 Å². The summed E-state index contributed by atoms with van der Waals surface area (Å²) < 4.78 is 4.94. The fraction of sp³-hybridized carbons (Fsp3) is 0.941. The minimum absolute atomic E-state index is 0.534. The molecular formula is C17H37NOSn. The molecule has 0 radical (unpaired) electrons. The van der Waals surface area contributed by atoms with Crippen molar-refractivity contribution in [1.82, 2.24) is 5.32 Å². The Labute approximate surface area is 131 Å². The molecule has 0 aromatic carbocycles. The summed E-state index contributed by atoms with van der Waals surface area (Å²) in [4.78, 5) is 11.1. The molecule has 1 N–H and O–H groups in total. The SMILES string of the molecule is CCC[CH2][Sn]([CH2]CCC)([CH2]CCC)[C@@H](NC=O)C(C)C. The van der Waals surface area contributed by atoms with Crippen LogP contribution in [0.5, 0.6) is 0 Å². The second-order valence-corrected chi connectivity index (χ2v) is 20.5. The number of amides is 1. The first-order valence-electron chi connectivity index (χ1n) is 8.77. The first-order valence-corrected chi connectivity index (χ1v) is 16.5. The van der Waals surface area contributed by atoms with Crippen LogP contribution < -0.4 is 5.32 Å². The zero-order valence-corrected chi connectivity index (χ0v) is 17.4. The van der Waals surface area contributed by atoms with Gasteiger partial charge in [0.2, 0.25) is 0 Å². The van der Waals surface area contributed by atoms with E-state index in [1.807, 2.05) is 0 Å². The Bertz CT molecular complexity index is 221. The summed E-state index contributed by atoms with van der Waals surface area (Å²) in [5.41, 5.74) is 0. The van der Waals surface area contributed by atoms with E-state index >= 15 is 0 Å². The van der Waals surface area contributed by atoms with Crippen LogP contribution in [0.15, 0.2) is 0 Å². The third-order valence-electron chi connectivity index (χ3n) is 4.66. The van der Waals surface area contributed by atoms with Crippen LogP contribution in [-0.4, -0.2) is 28.8 Å². The molecule has 0 saturated heterocycles. The molecule has 20 heavy (non-hydrogen) atoms. The zero-order valence-electron chi connectivity index (χ0n) is 14.5. The fourth-order valence-corrected chi connectivity index (χ4v) is 22.7. The predicted octanol–water partition coefficient (Wildman–Crippen LogP) is 5.15. The Kier molecular flexibility index (Phi) is 12.0. The molecule has 0 aliphatic rings. The molecule has 120 valence electrons. The molecule has 3 heteroatoms. The van der Waals surface area contributed by atoms with E-state index < -0.39 is 18.4 Å². The van der Waals surface area contributed by atoms with E-state index in [-0.39, 0.29) is 0 Å². The van der Waals surface area contributed by atoms with Crippen molar-refractivity contribution in [1.29, 1.82) is 0 Å². The summed E-state index contributed by atoms with van der Waals surface area (Å²) in [6, 6.07) is 0. The number of hydrogen-bond donors (Lipinski definition) is 1. The van der Waals surface area contributed by atoms with Gasteiger partial charge in [-0.2, -0.15) is 0 Å². The van der Waals surface area contributed by atoms with Crippen LogP contribution in [0.2, 0.25) is 13.3 Å². The van der Waals surface area contributed by atoms with Crippen molar-refractivity contribution in [3.63, 3.8) is 0 Å². The summed E-state index contributed by atoms with van der Waals surface area (Å²) in [6.45, 7) is 11.5. The first-order chi connectivity index (χ1) is 9.57. The standard InChI is InChI=1S/C5H10NO.3C4H9.Sn/c1-5(2)3-6-4-7;3*1-3-4-2;/h3-5H,1-2H3,(H,6,7);3*1,3-4H2,2H3;. The average Bonchev–Trinajstić information content (AvgIpc) is 2.44. The van der Waals surface area contributed by atoms with E-state index in [2.05, 4.69) is 39.9 Å². The van der Waals surface area contributed by atoms with Crippen molar-refractivity contribution in [2.75, 3.05) is 0 Å². The van der Waals surface area contributed by atoms with Crippen molar-refractivity contribution in [2.24, 2.45) is 5.92 Å². The van der Waals surface area contributed by atoms with Gasteiger partial charge < -0.3 is 0 Å². The maximum absolute atomic E-state index is 11.1. The van der Waals surface area contributed by atoms with E-state index in [1.54, 1.807) is 0 Å². The minimum atomic E-state index is -2.29. The number of carbonyl (C=O) groups excluding carboxylic acids is 1. The number of carbonyl (C=O) groups is 1. The van der Waals surface area contributed by atoms with Crippen LogP contribution in [0.25, 0.3) is 0 Å². The number of rotatable bonds is 13. The van der Waals surface area contributed by atoms with Gasteiger partial charge in [-0.3, -0.25) is 0 Å². The molecule has 0 aliphatic heterocycles. The monoisotopic (exact) mass is 391 g/mol. The van der Waals surface area contributed by atoms with Gasteiger partial charge in [0.05, 0.1) is 0 Å². The number of hydrogen-bond acceptors (Lipinski definition) is 1. The normalized spacial score (nSPS) is 13.5. The van der Waals surface area contributed by atoms with Crippen molar-refractivity contribution >= 4 is 24.8 Å². The van der Waals surface area contributed by atoms with Crippen LogP contribution in [0.1, 0.15) is 73.1 Å². The van der Waals surface area contributed by atoms with Gasteiger partial charge in [0, 0.05) is 0 Å². The van der Waals surface area contributed by atoms with Crippen molar-refractivity contribution in [2.45, 2.75) is 90.5 Å². The second kappa shape index (κ2) is 11.9. The molecule has 0 aromatic heterocycles. The van der Waals surface area contributed by atoms with E-state index in [1.165, 1.54) is 51.8 Å². The second-order valence-electron chi connectivity index (χ2n) is 6.68. The van der Waals surface area contributed by atoms with Gasteiger partial charge in [-0.15, -0.1) is 0 Å². The molecule has 0 bridgehead atoms. The molecule has 1 atom stereocenters. The van der Waals surface area contributed by atoms with Crippen molar-refractivity contribution in [3.8, 4) is 0 Å². The number of unbranched alkanes of at least 4 members (excludes halogenated alkanes) is 3.